The second kappa shape index (κ2) is 7.04. The van der Waals surface area contributed by atoms with Gasteiger partial charge in [-0.25, -0.2) is 0 Å². The number of carboxylic acids is 1. The Morgan fingerprint density at radius 2 is 1.86 bits per heavy atom. The summed E-state index contributed by atoms with van der Waals surface area (Å²) >= 11 is 0. The number of hydrogen-bond acceptors (Lipinski definition) is 2. The van der Waals surface area contributed by atoms with Crippen LogP contribution >= 0.6 is 0 Å². The van der Waals surface area contributed by atoms with Crippen LogP contribution in [0, 0.1) is 6.92 Å². The molecule has 0 saturated carbocycles. The van der Waals surface area contributed by atoms with E-state index in [0.717, 1.165) is 11.1 Å². The number of benzene rings is 2. The van der Waals surface area contributed by atoms with Crippen molar-refractivity contribution in [3.05, 3.63) is 70.8 Å². The normalized spacial score (nSPS) is 12.1. The molecule has 2 aromatic rings. The van der Waals surface area contributed by atoms with Crippen LogP contribution in [0.5, 0.6) is 0 Å². The summed E-state index contributed by atoms with van der Waals surface area (Å²) in [4.78, 5) is 10.9. The molecular weight excluding hydrogens is 262 g/mol. The molecule has 2 aromatic carbocycles. The second-order valence-corrected chi connectivity index (χ2v) is 5.36. The average Bonchev–Trinajstić information content (AvgIpc) is 2.45. The molecule has 2 N–H and O–H groups in total. The van der Waals surface area contributed by atoms with Crippen LogP contribution in [0.2, 0.25) is 0 Å². The van der Waals surface area contributed by atoms with E-state index in [4.69, 9.17) is 5.11 Å². The van der Waals surface area contributed by atoms with Crippen LogP contribution in [0.4, 0.5) is 0 Å². The lowest BCUT2D eigenvalue weighted by molar-refractivity contribution is -0.136. The zero-order chi connectivity index (χ0) is 15.2. The highest BCUT2D eigenvalue weighted by Crippen LogP contribution is 2.16. The van der Waals surface area contributed by atoms with Crippen LogP contribution in [0.15, 0.2) is 48.5 Å². The van der Waals surface area contributed by atoms with E-state index in [0.29, 0.717) is 6.54 Å². The molecule has 1 atom stereocenters. The van der Waals surface area contributed by atoms with E-state index in [2.05, 4.69) is 43.4 Å². The van der Waals surface area contributed by atoms with E-state index >= 15 is 0 Å². The van der Waals surface area contributed by atoms with Gasteiger partial charge < -0.3 is 10.4 Å². The molecule has 0 aliphatic rings. The van der Waals surface area contributed by atoms with Gasteiger partial charge in [-0.1, -0.05) is 54.1 Å². The Bertz CT molecular complexity index is 622. The molecule has 0 fully saturated rings. The lowest BCUT2D eigenvalue weighted by Gasteiger charge is -2.16. The fourth-order valence-electron chi connectivity index (χ4n) is 2.39. The van der Waals surface area contributed by atoms with Gasteiger partial charge in [-0.2, -0.15) is 0 Å². The molecule has 0 saturated heterocycles. The molecule has 2 rings (SSSR count). The number of hydrogen-bond donors (Lipinski definition) is 2. The maximum Gasteiger partial charge on any atom is 0.307 e. The standard InChI is InChI=1S/C18H21NO2/c1-13-6-5-9-15(10-13)14(2)19-12-17-8-4-3-7-16(17)11-18(20)21/h3-10,14,19H,11-12H2,1-2H3,(H,20,21)/t14-/m1/s1. The molecule has 110 valence electrons. The van der Waals surface area contributed by atoms with Gasteiger partial charge in [0.15, 0.2) is 0 Å². The largest absolute Gasteiger partial charge is 0.481 e. The number of carboxylic acid groups (broad SMARTS) is 1. The summed E-state index contributed by atoms with van der Waals surface area (Å²) in [5.74, 6) is -0.797. The third kappa shape index (κ3) is 4.43. The van der Waals surface area contributed by atoms with E-state index in [-0.39, 0.29) is 12.5 Å². The second-order valence-electron chi connectivity index (χ2n) is 5.36. The van der Waals surface area contributed by atoms with Gasteiger partial charge in [0.1, 0.15) is 0 Å². The summed E-state index contributed by atoms with van der Waals surface area (Å²) in [6.45, 7) is 4.87. The van der Waals surface area contributed by atoms with Gasteiger partial charge in [-0.05, 0) is 30.5 Å². The minimum absolute atomic E-state index is 0.0662. The Balaban J connectivity index is 2.04. The molecule has 0 radical (unpaired) electrons. The SMILES string of the molecule is Cc1cccc([C@@H](C)NCc2ccccc2CC(=O)O)c1. The molecule has 0 spiro atoms. The first-order valence-corrected chi connectivity index (χ1v) is 7.15. The summed E-state index contributed by atoms with van der Waals surface area (Å²) < 4.78 is 0. The van der Waals surface area contributed by atoms with Gasteiger partial charge >= 0.3 is 5.97 Å². The Kier molecular flexibility index (Phi) is 5.12. The monoisotopic (exact) mass is 283 g/mol. The molecule has 0 aliphatic carbocycles. The summed E-state index contributed by atoms with van der Waals surface area (Å²) in [7, 11) is 0. The highest BCUT2D eigenvalue weighted by Gasteiger charge is 2.09. The van der Waals surface area contributed by atoms with Crippen molar-refractivity contribution in [2.75, 3.05) is 0 Å². The molecule has 0 amide bonds. The number of aryl methyl sites for hydroxylation is 1. The molecule has 0 aromatic heterocycles. The Morgan fingerprint density at radius 1 is 1.14 bits per heavy atom. The van der Waals surface area contributed by atoms with Gasteiger partial charge in [-0.15, -0.1) is 0 Å². The summed E-state index contributed by atoms with van der Waals surface area (Å²) in [6.07, 6.45) is 0.0662. The minimum Gasteiger partial charge on any atom is -0.481 e. The van der Waals surface area contributed by atoms with E-state index in [9.17, 15) is 4.79 Å². The molecule has 3 nitrogen and oxygen atoms in total. The van der Waals surface area contributed by atoms with E-state index in [1.54, 1.807) is 0 Å². The maximum atomic E-state index is 10.9. The van der Waals surface area contributed by atoms with Crippen molar-refractivity contribution in [3.8, 4) is 0 Å². The highest BCUT2D eigenvalue weighted by molar-refractivity contribution is 5.70. The third-order valence-corrected chi connectivity index (χ3v) is 3.60. The van der Waals surface area contributed by atoms with Crippen molar-refractivity contribution in [2.24, 2.45) is 0 Å². The predicted molar refractivity (Wildman–Crippen MR) is 84.2 cm³/mol. The number of aliphatic carboxylic acids is 1. The molecule has 0 heterocycles. The van der Waals surface area contributed by atoms with E-state index < -0.39 is 5.97 Å². The first-order valence-electron chi connectivity index (χ1n) is 7.15. The van der Waals surface area contributed by atoms with Crippen molar-refractivity contribution < 1.29 is 9.90 Å². The zero-order valence-corrected chi connectivity index (χ0v) is 12.5. The summed E-state index contributed by atoms with van der Waals surface area (Å²) in [5, 5.41) is 12.4. The Morgan fingerprint density at radius 3 is 2.52 bits per heavy atom. The van der Waals surface area contributed by atoms with E-state index in [1.165, 1.54) is 11.1 Å². The van der Waals surface area contributed by atoms with Crippen molar-refractivity contribution in [1.29, 1.82) is 0 Å². The van der Waals surface area contributed by atoms with Crippen molar-refractivity contribution in [1.82, 2.24) is 5.32 Å². The van der Waals surface area contributed by atoms with Crippen LogP contribution < -0.4 is 5.32 Å². The molecule has 0 bridgehead atoms. The highest BCUT2D eigenvalue weighted by atomic mass is 16.4. The molecule has 21 heavy (non-hydrogen) atoms. The quantitative estimate of drug-likeness (QED) is 0.853. The van der Waals surface area contributed by atoms with Gasteiger partial charge in [0.25, 0.3) is 0 Å². The zero-order valence-electron chi connectivity index (χ0n) is 12.5. The van der Waals surface area contributed by atoms with Crippen molar-refractivity contribution in [2.45, 2.75) is 32.9 Å². The number of rotatable bonds is 6. The lowest BCUT2D eigenvalue weighted by atomic mass is 10.0. The maximum absolute atomic E-state index is 10.9. The van der Waals surface area contributed by atoms with Crippen molar-refractivity contribution in [3.63, 3.8) is 0 Å². The third-order valence-electron chi connectivity index (χ3n) is 3.60. The predicted octanol–water partition coefficient (Wildman–Crippen LogP) is 3.47. The van der Waals surface area contributed by atoms with Crippen LogP contribution in [0.25, 0.3) is 0 Å². The van der Waals surface area contributed by atoms with Gasteiger partial charge in [0.05, 0.1) is 6.42 Å². The smallest absolute Gasteiger partial charge is 0.307 e. The van der Waals surface area contributed by atoms with Crippen LogP contribution in [0.1, 0.15) is 35.2 Å². The summed E-state index contributed by atoms with van der Waals surface area (Å²) in [5.41, 5.74) is 4.39. The van der Waals surface area contributed by atoms with Crippen LogP contribution in [-0.4, -0.2) is 11.1 Å². The topological polar surface area (TPSA) is 49.3 Å². The summed E-state index contributed by atoms with van der Waals surface area (Å²) in [6, 6.07) is 16.3. The fourth-order valence-corrected chi connectivity index (χ4v) is 2.39. The fraction of sp³-hybridized carbons (Fsp3) is 0.278. The average molecular weight is 283 g/mol. The lowest BCUT2D eigenvalue weighted by Crippen LogP contribution is -2.19. The first kappa shape index (κ1) is 15.3. The van der Waals surface area contributed by atoms with Gasteiger partial charge in [0, 0.05) is 12.6 Å². The number of carbonyl (C=O) groups is 1. The Labute approximate surface area is 125 Å². The van der Waals surface area contributed by atoms with Gasteiger partial charge in [0.2, 0.25) is 0 Å². The van der Waals surface area contributed by atoms with E-state index in [1.807, 2.05) is 24.3 Å². The van der Waals surface area contributed by atoms with Crippen LogP contribution in [0.3, 0.4) is 0 Å². The van der Waals surface area contributed by atoms with Crippen LogP contribution in [-0.2, 0) is 17.8 Å². The molecule has 0 aliphatic heterocycles. The number of nitrogens with one attached hydrogen (secondary N) is 1. The first-order chi connectivity index (χ1) is 10.1. The molecular formula is C18H21NO2. The van der Waals surface area contributed by atoms with Crippen molar-refractivity contribution >= 4 is 5.97 Å². The molecule has 3 heteroatoms. The minimum atomic E-state index is -0.797. The van der Waals surface area contributed by atoms with Gasteiger partial charge in [-0.3, -0.25) is 4.79 Å². The molecule has 0 unspecified atom stereocenters. The Hall–Kier alpha value is -2.13.